The van der Waals surface area contributed by atoms with Gasteiger partial charge in [-0.25, -0.2) is 0 Å². The van der Waals surface area contributed by atoms with Crippen LogP contribution in [0.3, 0.4) is 0 Å². The van der Waals surface area contributed by atoms with Crippen molar-refractivity contribution in [2.75, 3.05) is 4.90 Å². The summed E-state index contributed by atoms with van der Waals surface area (Å²) in [7, 11) is 0. The second kappa shape index (κ2) is 14.6. The van der Waals surface area contributed by atoms with Gasteiger partial charge in [-0.15, -0.1) is 0 Å². The number of nitrogens with zero attached hydrogens (tertiary/aromatic N) is 1. The summed E-state index contributed by atoms with van der Waals surface area (Å²) < 4.78 is 0. The molecule has 1 heteroatoms. The van der Waals surface area contributed by atoms with Crippen LogP contribution in [0.15, 0.2) is 249 Å². The lowest BCUT2D eigenvalue weighted by Crippen LogP contribution is -2.28. The van der Waals surface area contributed by atoms with Gasteiger partial charge in [0.25, 0.3) is 0 Å². The topological polar surface area (TPSA) is 3.24 Å². The molecule has 0 N–H and O–H groups in total. The Balaban J connectivity index is 1.05. The Kier molecular flexibility index (Phi) is 8.47. The molecule has 0 saturated heterocycles. The summed E-state index contributed by atoms with van der Waals surface area (Å²) in [5.74, 6) is 0. The molecule has 0 heterocycles. The molecule has 0 amide bonds. The maximum Gasteiger partial charge on any atom is 0.0714 e. The minimum absolute atomic E-state index is 0.507. The monoisotopic (exact) mass is 787 g/mol. The van der Waals surface area contributed by atoms with Crippen molar-refractivity contribution in [2.45, 2.75) is 5.41 Å². The Morgan fingerprint density at radius 3 is 1.60 bits per heavy atom. The zero-order chi connectivity index (χ0) is 41.0. The molecule has 0 aliphatic heterocycles. The second-order valence-electron chi connectivity index (χ2n) is 16.5. The SMILES string of the molecule is c1ccc(C2(c3ccccc3)c3ccccc3-c3ccc(N(c4ccc(-c5ccc6ccccc6c5)cc4)c4cccc(-c5ccc6c(ccc7ccccc76)c5)c4)cc32)cc1. The van der Waals surface area contributed by atoms with Crippen molar-refractivity contribution in [1.29, 1.82) is 0 Å². The largest absolute Gasteiger partial charge is 0.310 e. The Morgan fingerprint density at radius 2 is 0.790 bits per heavy atom. The van der Waals surface area contributed by atoms with E-state index in [0.29, 0.717) is 0 Å². The quantitative estimate of drug-likeness (QED) is 0.145. The van der Waals surface area contributed by atoms with Gasteiger partial charge in [0.05, 0.1) is 5.41 Å². The first-order valence-corrected chi connectivity index (χ1v) is 21.5. The molecule has 0 radical (unpaired) electrons. The highest BCUT2D eigenvalue weighted by molar-refractivity contribution is 6.08. The van der Waals surface area contributed by atoms with E-state index < -0.39 is 5.41 Å². The fourth-order valence-electron chi connectivity index (χ4n) is 10.2. The first-order valence-electron chi connectivity index (χ1n) is 21.5. The molecule has 0 atom stereocenters. The lowest BCUT2D eigenvalue weighted by molar-refractivity contribution is 0.768. The van der Waals surface area contributed by atoms with Crippen LogP contribution in [-0.4, -0.2) is 0 Å². The Bertz CT molecular complexity index is 3420. The molecular formula is C61H41N. The highest BCUT2D eigenvalue weighted by atomic mass is 15.1. The summed E-state index contributed by atoms with van der Waals surface area (Å²) in [6, 6.07) is 91.7. The van der Waals surface area contributed by atoms with Gasteiger partial charge in [-0.2, -0.15) is 0 Å². The predicted molar refractivity (Wildman–Crippen MR) is 262 cm³/mol. The van der Waals surface area contributed by atoms with Gasteiger partial charge in [0.15, 0.2) is 0 Å². The lowest BCUT2D eigenvalue weighted by atomic mass is 9.67. The van der Waals surface area contributed by atoms with Crippen LogP contribution in [0.25, 0.3) is 65.7 Å². The molecule has 0 unspecified atom stereocenters. The summed E-state index contributed by atoms with van der Waals surface area (Å²) in [6.45, 7) is 0. The minimum atomic E-state index is -0.507. The number of fused-ring (bicyclic) bond motifs is 7. The van der Waals surface area contributed by atoms with Crippen molar-refractivity contribution >= 4 is 49.4 Å². The fourth-order valence-corrected chi connectivity index (χ4v) is 10.2. The van der Waals surface area contributed by atoms with Crippen molar-refractivity contribution < 1.29 is 0 Å². The lowest BCUT2D eigenvalue weighted by Gasteiger charge is -2.35. The highest BCUT2D eigenvalue weighted by Gasteiger charge is 2.46. The maximum atomic E-state index is 2.46. The average molecular weight is 788 g/mol. The van der Waals surface area contributed by atoms with Crippen LogP contribution in [0, 0.1) is 0 Å². The van der Waals surface area contributed by atoms with E-state index in [9.17, 15) is 0 Å². The summed E-state index contributed by atoms with van der Waals surface area (Å²) in [5, 5.41) is 7.55. The molecular weight excluding hydrogens is 747 g/mol. The van der Waals surface area contributed by atoms with Gasteiger partial charge in [0, 0.05) is 17.1 Å². The van der Waals surface area contributed by atoms with E-state index in [1.807, 2.05) is 0 Å². The molecule has 0 spiro atoms. The zero-order valence-electron chi connectivity index (χ0n) is 34.1. The number of anilines is 3. The van der Waals surface area contributed by atoms with Crippen LogP contribution in [0.5, 0.6) is 0 Å². The van der Waals surface area contributed by atoms with Crippen LogP contribution < -0.4 is 4.90 Å². The summed E-state index contributed by atoms with van der Waals surface area (Å²) in [6.07, 6.45) is 0. The van der Waals surface area contributed by atoms with Gasteiger partial charge in [-0.05, 0) is 136 Å². The van der Waals surface area contributed by atoms with Crippen molar-refractivity contribution in [3.05, 3.63) is 271 Å². The predicted octanol–water partition coefficient (Wildman–Crippen LogP) is 16.3. The summed E-state index contributed by atoms with van der Waals surface area (Å²) in [5.41, 5.74) is 15.2. The van der Waals surface area contributed by atoms with E-state index in [1.165, 1.54) is 88.0 Å². The van der Waals surface area contributed by atoms with E-state index in [0.717, 1.165) is 17.1 Å². The third-order valence-electron chi connectivity index (χ3n) is 13.1. The van der Waals surface area contributed by atoms with Crippen molar-refractivity contribution in [2.24, 2.45) is 0 Å². The molecule has 12 rings (SSSR count). The molecule has 11 aromatic carbocycles. The fraction of sp³-hybridized carbons (Fsp3) is 0.0164. The van der Waals surface area contributed by atoms with E-state index in [2.05, 4.69) is 254 Å². The van der Waals surface area contributed by atoms with E-state index in [-0.39, 0.29) is 0 Å². The van der Waals surface area contributed by atoms with Gasteiger partial charge in [-0.3, -0.25) is 0 Å². The van der Waals surface area contributed by atoms with Gasteiger partial charge in [0.1, 0.15) is 0 Å². The zero-order valence-corrected chi connectivity index (χ0v) is 34.1. The highest BCUT2D eigenvalue weighted by Crippen LogP contribution is 2.57. The maximum absolute atomic E-state index is 2.46. The Morgan fingerprint density at radius 1 is 0.258 bits per heavy atom. The normalized spacial score (nSPS) is 12.6. The molecule has 11 aromatic rings. The summed E-state index contributed by atoms with van der Waals surface area (Å²) >= 11 is 0. The smallest absolute Gasteiger partial charge is 0.0714 e. The average Bonchev–Trinajstić information content (AvgIpc) is 3.65. The van der Waals surface area contributed by atoms with E-state index >= 15 is 0 Å². The van der Waals surface area contributed by atoms with E-state index in [4.69, 9.17) is 0 Å². The molecule has 1 nitrogen and oxygen atoms in total. The molecule has 1 aliphatic rings. The second-order valence-corrected chi connectivity index (χ2v) is 16.5. The first-order chi connectivity index (χ1) is 30.7. The van der Waals surface area contributed by atoms with Crippen molar-refractivity contribution in [3.63, 3.8) is 0 Å². The number of rotatable bonds is 7. The van der Waals surface area contributed by atoms with Crippen molar-refractivity contribution in [3.8, 4) is 33.4 Å². The number of benzene rings is 11. The van der Waals surface area contributed by atoms with Gasteiger partial charge in [0.2, 0.25) is 0 Å². The van der Waals surface area contributed by atoms with Crippen LogP contribution in [0.4, 0.5) is 17.1 Å². The number of hydrogen-bond acceptors (Lipinski definition) is 1. The van der Waals surface area contributed by atoms with Gasteiger partial charge in [-0.1, -0.05) is 200 Å². The molecule has 0 saturated carbocycles. The molecule has 1 aliphatic carbocycles. The van der Waals surface area contributed by atoms with Crippen molar-refractivity contribution in [1.82, 2.24) is 0 Å². The minimum Gasteiger partial charge on any atom is -0.310 e. The molecule has 0 fully saturated rings. The van der Waals surface area contributed by atoms with Crippen LogP contribution in [0.2, 0.25) is 0 Å². The molecule has 0 bridgehead atoms. The van der Waals surface area contributed by atoms with Gasteiger partial charge >= 0.3 is 0 Å². The van der Waals surface area contributed by atoms with E-state index in [1.54, 1.807) is 0 Å². The van der Waals surface area contributed by atoms with Crippen LogP contribution >= 0.6 is 0 Å². The Labute approximate surface area is 362 Å². The van der Waals surface area contributed by atoms with Crippen LogP contribution in [0.1, 0.15) is 22.3 Å². The van der Waals surface area contributed by atoms with Gasteiger partial charge < -0.3 is 4.90 Å². The third kappa shape index (κ3) is 5.78. The molecule has 0 aromatic heterocycles. The standard InChI is InChI=1S/C61H41N/c1-3-18-50(19-4-1)61(51-20-5-2-6-21-51)59-25-12-11-24-57(59)58-37-35-54(41-60(58)61)62(52-33-30-43(31-34-52)47-28-26-42-14-7-8-16-45(42)38-47)53-22-13-17-46(40-53)48-32-36-56-49(39-48)29-27-44-15-9-10-23-55(44)56/h1-41H. The number of hydrogen-bond donors (Lipinski definition) is 0. The summed E-state index contributed by atoms with van der Waals surface area (Å²) in [4.78, 5) is 2.44. The molecule has 290 valence electrons. The van der Waals surface area contributed by atoms with Crippen LogP contribution in [-0.2, 0) is 5.41 Å². The Hall–Kier alpha value is -8.00. The third-order valence-corrected chi connectivity index (χ3v) is 13.1. The first kappa shape index (κ1) is 35.9. The molecule has 62 heavy (non-hydrogen) atoms.